The van der Waals surface area contributed by atoms with Gasteiger partial charge in [-0.3, -0.25) is 4.79 Å². The molecule has 0 aliphatic heterocycles. The van der Waals surface area contributed by atoms with E-state index in [1.54, 1.807) is 42.5 Å². The minimum Gasteiger partial charge on any atom is -0.292 e. The molecule has 0 bridgehead atoms. The number of aryl methyl sites for hydroxylation is 1. The van der Waals surface area contributed by atoms with E-state index in [4.69, 9.17) is 5.26 Å². The van der Waals surface area contributed by atoms with Crippen LogP contribution < -0.4 is 0 Å². The van der Waals surface area contributed by atoms with E-state index in [1.165, 1.54) is 11.3 Å². The number of carbonyl (C=O) groups excluding carboxylic acids is 1. The Kier molecular flexibility index (Phi) is 4.70. The smallest absolute Gasteiger partial charge is 0.186 e. The van der Waals surface area contributed by atoms with E-state index >= 15 is 0 Å². The van der Waals surface area contributed by atoms with Crippen LogP contribution in [0.15, 0.2) is 53.9 Å². The van der Waals surface area contributed by atoms with Gasteiger partial charge in [0.05, 0.1) is 23.4 Å². The topological polar surface area (TPSA) is 77.5 Å². The molecule has 0 aliphatic carbocycles. The molecule has 0 unspecified atom stereocenters. The van der Waals surface area contributed by atoms with Gasteiger partial charge >= 0.3 is 0 Å². The van der Waals surface area contributed by atoms with Crippen LogP contribution in [0.2, 0.25) is 0 Å². The number of rotatable bonds is 4. The fourth-order valence-electron chi connectivity index (χ4n) is 2.46. The van der Waals surface area contributed by atoms with E-state index in [2.05, 4.69) is 17.1 Å². The Morgan fingerprint density at radius 2 is 1.92 bits per heavy atom. The maximum atomic E-state index is 12.7. The summed E-state index contributed by atoms with van der Waals surface area (Å²) >= 11 is 1.29. The van der Waals surface area contributed by atoms with Gasteiger partial charge in [0.25, 0.3) is 0 Å². The summed E-state index contributed by atoms with van der Waals surface area (Å²) in [4.78, 5) is 17.1. The number of hydrogen-bond acceptors (Lipinski definition) is 5. The highest BCUT2D eigenvalue weighted by Crippen LogP contribution is 2.28. The van der Waals surface area contributed by atoms with Crippen LogP contribution in [0, 0.1) is 29.6 Å². The van der Waals surface area contributed by atoms with Gasteiger partial charge in [-0.15, -0.1) is 11.3 Å². The molecule has 4 nitrogen and oxygen atoms in total. The minimum absolute atomic E-state index is 0.244. The number of benzene rings is 2. The summed E-state index contributed by atoms with van der Waals surface area (Å²) in [5.41, 5.74) is 3.60. The normalized spacial score (nSPS) is 11.3. The van der Waals surface area contributed by atoms with E-state index in [1.807, 2.05) is 18.4 Å². The van der Waals surface area contributed by atoms with Crippen LogP contribution in [0.1, 0.15) is 32.4 Å². The lowest BCUT2D eigenvalue weighted by molar-refractivity contribution is 0.0978. The summed E-state index contributed by atoms with van der Waals surface area (Å²) in [6.07, 6.45) is 0. The van der Waals surface area contributed by atoms with E-state index in [-0.39, 0.29) is 5.78 Å². The first kappa shape index (κ1) is 16.6. The molecule has 1 aromatic heterocycles. The molecule has 1 heterocycles. The largest absolute Gasteiger partial charge is 0.292 e. The van der Waals surface area contributed by atoms with Gasteiger partial charge in [-0.25, -0.2) is 4.98 Å². The minimum atomic E-state index is -0.918. The van der Waals surface area contributed by atoms with Crippen LogP contribution in [-0.2, 0) is 0 Å². The summed E-state index contributed by atoms with van der Waals surface area (Å²) in [5, 5.41) is 20.7. The number of thiazole rings is 1. The highest BCUT2D eigenvalue weighted by atomic mass is 32.1. The lowest BCUT2D eigenvalue weighted by atomic mass is 9.98. The molecular formula is C20H13N3OS. The van der Waals surface area contributed by atoms with Crippen molar-refractivity contribution in [2.75, 3.05) is 0 Å². The SMILES string of the molecule is Cc1cccc(C(=O)[C@@H](C#N)c2nc(-c3ccc(C#N)cc3)cs2)c1. The maximum Gasteiger partial charge on any atom is 0.186 e. The zero-order valence-corrected chi connectivity index (χ0v) is 14.2. The molecule has 0 fully saturated rings. The summed E-state index contributed by atoms with van der Waals surface area (Å²) in [6.45, 7) is 1.91. The summed E-state index contributed by atoms with van der Waals surface area (Å²) in [6, 6.07) is 18.4. The average Bonchev–Trinajstić information content (AvgIpc) is 3.12. The molecule has 0 saturated carbocycles. The third-order valence-electron chi connectivity index (χ3n) is 3.77. The van der Waals surface area contributed by atoms with E-state index in [0.717, 1.165) is 11.1 Å². The standard InChI is InChI=1S/C20H13N3OS/c1-13-3-2-4-16(9-13)19(24)17(11-22)20-23-18(12-25-20)15-7-5-14(10-21)6-8-15/h2-9,12,17H,1H3/t17-/m1/s1. The Bertz CT molecular complexity index is 1010. The predicted octanol–water partition coefficient (Wildman–Crippen LogP) is 4.48. The second kappa shape index (κ2) is 7.09. The quantitative estimate of drug-likeness (QED) is 0.654. The second-order valence-corrected chi connectivity index (χ2v) is 6.45. The fourth-order valence-corrected chi connectivity index (χ4v) is 3.33. The van der Waals surface area contributed by atoms with E-state index in [9.17, 15) is 10.1 Å². The lowest BCUT2D eigenvalue weighted by Crippen LogP contribution is -2.11. The van der Waals surface area contributed by atoms with Crippen molar-refractivity contribution in [3.05, 3.63) is 75.6 Å². The first-order chi connectivity index (χ1) is 12.1. The highest BCUT2D eigenvalue weighted by Gasteiger charge is 2.25. The molecule has 5 heteroatoms. The van der Waals surface area contributed by atoms with Crippen molar-refractivity contribution >= 4 is 17.1 Å². The number of carbonyl (C=O) groups is 1. The Labute approximate surface area is 149 Å². The summed E-state index contributed by atoms with van der Waals surface area (Å²) < 4.78 is 0. The van der Waals surface area contributed by atoms with E-state index < -0.39 is 5.92 Å². The average molecular weight is 343 g/mol. The van der Waals surface area contributed by atoms with Gasteiger partial charge in [0.2, 0.25) is 0 Å². The van der Waals surface area contributed by atoms with Crippen LogP contribution in [-0.4, -0.2) is 10.8 Å². The fraction of sp³-hybridized carbons (Fsp3) is 0.100. The zero-order valence-electron chi connectivity index (χ0n) is 13.4. The van der Waals surface area contributed by atoms with E-state index in [0.29, 0.717) is 21.8 Å². The number of hydrogen-bond donors (Lipinski definition) is 0. The summed E-state index contributed by atoms with van der Waals surface area (Å²) in [7, 11) is 0. The lowest BCUT2D eigenvalue weighted by Gasteiger charge is -2.06. The van der Waals surface area contributed by atoms with Crippen molar-refractivity contribution in [1.29, 1.82) is 10.5 Å². The van der Waals surface area contributed by atoms with Crippen molar-refractivity contribution < 1.29 is 4.79 Å². The Hall–Kier alpha value is -3.28. The van der Waals surface area contributed by atoms with Gasteiger partial charge < -0.3 is 0 Å². The van der Waals surface area contributed by atoms with Crippen molar-refractivity contribution in [1.82, 2.24) is 4.98 Å². The molecule has 120 valence electrons. The molecule has 0 aliphatic rings. The van der Waals surface area contributed by atoms with Gasteiger partial charge in [0.1, 0.15) is 5.01 Å². The Morgan fingerprint density at radius 3 is 2.56 bits per heavy atom. The van der Waals surface area contributed by atoms with Crippen molar-refractivity contribution in [2.24, 2.45) is 0 Å². The third-order valence-corrected chi connectivity index (χ3v) is 4.68. The van der Waals surface area contributed by atoms with Gasteiger partial charge in [-0.1, -0.05) is 35.9 Å². The second-order valence-electron chi connectivity index (χ2n) is 5.56. The number of nitrogens with zero attached hydrogens (tertiary/aromatic N) is 3. The number of aromatic nitrogens is 1. The molecule has 2 aromatic carbocycles. The highest BCUT2D eigenvalue weighted by molar-refractivity contribution is 7.10. The molecule has 3 aromatic rings. The van der Waals surface area contributed by atoms with Gasteiger partial charge in [0, 0.05) is 16.5 Å². The number of ketones is 1. The van der Waals surface area contributed by atoms with Crippen molar-refractivity contribution in [3.8, 4) is 23.4 Å². The predicted molar refractivity (Wildman–Crippen MR) is 96.1 cm³/mol. The summed E-state index contributed by atoms with van der Waals surface area (Å²) in [5.74, 6) is -1.16. The molecule has 1 atom stereocenters. The monoisotopic (exact) mass is 343 g/mol. The molecule has 0 amide bonds. The van der Waals surface area contributed by atoms with Gasteiger partial charge in [0.15, 0.2) is 11.7 Å². The van der Waals surface area contributed by atoms with Crippen LogP contribution in [0.4, 0.5) is 0 Å². The first-order valence-electron chi connectivity index (χ1n) is 7.59. The van der Waals surface area contributed by atoms with Crippen LogP contribution in [0.3, 0.4) is 0 Å². The van der Waals surface area contributed by atoms with Gasteiger partial charge in [-0.05, 0) is 25.1 Å². The number of Topliss-reactive ketones (excluding diaryl/α,β-unsaturated/α-hetero) is 1. The van der Waals surface area contributed by atoms with Gasteiger partial charge in [-0.2, -0.15) is 10.5 Å². The maximum absolute atomic E-state index is 12.7. The molecule has 0 radical (unpaired) electrons. The Morgan fingerprint density at radius 1 is 1.16 bits per heavy atom. The van der Waals surface area contributed by atoms with Crippen LogP contribution >= 0.6 is 11.3 Å². The first-order valence-corrected chi connectivity index (χ1v) is 8.47. The van der Waals surface area contributed by atoms with Crippen molar-refractivity contribution in [2.45, 2.75) is 12.8 Å². The van der Waals surface area contributed by atoms with Crippen LogP contribution in [0.25, 0.3) is 11.3 Å². The molecule has 3 rings (SSSR count). The third kappa shape index (κ3) is 3.47. The zero-order chi connectivity index (χ0) is 17.8. The molecule has 0 saturated heterocycles. The van der Waals surface area contributed by atoms with Crippen molar-refractivity contribution in [3.63, 3.8) is 0 Å². The molecule has 25 heavy (non-hydrogen) atoms. The molecule has 0 N–H and O–H groups in total. The van der Waals surface area contributed by atoms with Crippen LogP contribution in [0.5, 0.6) is 0 Å². The molecule has 0 spiro atoms. The Balaban J connectivity index is 1.90. The molecular weight excluding hydrogens is 330 g/mol. The number of nitriles is 2.